The van der Waals surface area contributed by atoms with Gasteiger partial charge in [-0.3, -0.25) is 18.6 Å². The summed E-state index contributed by atoms with van der Waals surface area (Å²) < 4.78 is 8.58. The van der Waals surface area contributed by atoms with E-state index in [0.29, 0.717) is 35.9 Å². The summed E-state index contributed by atoms with van der Waals surface area (Å²) >= 11 is 1.28. The summed E-state index contributed by atoms with van der Waals surface area (Å²) in [4.78, 5) is 25.4. The highest BCUT2D eigenvalue weighted by Gasteiger charge is 2.17. The summed E-state index contributed by atoms with van der Waals surface area (Å²) in [5.74, 6) is 0.496. The second-order valence-electron chi connectivity index (χ2n) is 7.14. The SMILES string of the molecule is COCCCn1c(=O)c2ccccc2n2c(SCC(=O)Nc3ccc(C)cc3)nnc12. The number of benzene rings is 2. The number of aryl methyl sites for hydroxylation is 2. The molecule has 4 rings (SSSR count). The van der Waals surface area contributed by atoms with Crippen LogP contribution in [0.15, 0.2) is 58.5 Å². The normalized spacial score (nSPS) is 11.3. The lowest BCUT2D eigenvalue weighted by molar-refractivity contribution is -0.113. The van der Waals surface area contributed by atoms with Crippen LogP contribution in [-0.2, 0) is 16.1 Å². The van der Waals surface area contributed by atoms with Crippen molar-refractivity contribution in [3.05, 3.63) is 64.4 Å². The summed E-state index contributed by atoms with van der Waals surface area (Å²) in [6.45, 7) is 3.01. The number of methoxy groups -OCH3 is 1. The van der Waals surface area contributed by atoms with E-state index in [2.05, 4.69) is 15.5 Å². The first-order valence-electron chi connectivity index (χ1n) is 9.93. The Bertz CT molecular complexity index is 1280. The zero-order chi connectivity index (χ0) is 21.8. The molecule has 0 radical (unpaired) electrons. The lowest BCUT2D eigenvalue weighted by atomic mass is 10.2. The topological polar surface area (TPSA) is 90.5 Å². The molecule has 0 atom stereocenters. The Hall–Kier alpha value is -3.17. The fourth-order valence-corrected chi connectivity index (χ4v) is 4.10. The molecule has 0 saturated heterocycles. The van der Waals surface area contributed by atoms with Gasteiger partial charge in [0.25, 0.3) is 5.56 Å². The third-order valence-electron chi connectivity index (χ3n) is 4.88. The molecule has 0 saturated carbocycles. The molecule has 0 unspecified atom stereocenters. The molecule has 9 heteroatoms. The zero-order valence-corrected chi connectivity index (χ0v) is 18.2. The molecule has 0 aliphatic rings. The van der Waals surface area contributed by atoms with E-state index in [4.69, 9.17) is 4.74 Å². The van der Waals surface area contributed by atoms with E-state index in [1.807, 2.05) is 53.8 Å². The van der Waals surface area contributed by atoms with E-state index in [1.54, 1.807) is 17.7 Å². The molecule has 31 heavy (non-hydrogen) atoms. The Morgan fingerprint density at radius 3 is 2.68 bits per heavy atom. The maximum atomic E-state index is 13.0. The van der Waals surface area contributed by atoms with Crippen LogP contribution in [0.3, 0.4) is 0 Å². The van der Waals surface area contributed by atoms with Gasteiger partial charge in [-0.15, -0.1) is 10.2 Å². The average Bonchev–Trinajstić information content (AvgIpc) is 3.20. The van der Waals surface area contributed by atoms with Crippen molar-refractivity contribution in [2.75, 3.05) is 24.8 Å². The van der Waals surface area contributed by atoms with Gasteiger partial charge in [0.1, 0.15) is 0 Å². The molecule has 1 amide bonds. The average molecular weight is 438 g/mol. The fraction of sp³-hybridized carbons (Fsp3) is 0.273. The molecule has 0 aliphatic carbocycles. The van der Waals surface area contributed by atoms with Gasteiger partial charge in [0, 0.05) is 25.9 Å². The third kappa shape index (κ3) is 4.47. The first-order valence-corrected chi connectivity index (χ1v) is 10.9. The second kappa shape index (κ2) is 9.32. The van der Waals surface area contributed by atoms with E-state index in [0.717, 1.165) is 16.8 Å². The summed E-state index contributed by atoms with van der Waals surface area (Å²) in [7, 11) is 1.63. The van der Waals surface area contributed by atoms with Crippen molar-refractivity contribution < 1.29 is 9.53 Å². The first-order chi connectivity index (χ1) is 15.1. The molecule has 2 aromatic heterocycles. The Balaban J connectivity index is 1.63. The number of para-hydroxylation sites is 1. The Morgan fingerprint density at radius 2 is 1.90 bits per heavy atom. The summed E-state index contributed by atoms with van der Waals surface area (Å²) in [6, 6.07) is 15.0. The monoisotopic (exact) mass is 437 g/mol. The Morgan fingerprint density at radius 1 is 1.13 bits per heavy atom. The number of aromatic nitrogens is 4. The summed E-state index contributed by atoms with van der Waals surface area (Å²) in [5.41, 5.74) is 2.49. The van der Waals surface area contributed by atoms with Crippen molar-refractivity contribution in [2.24, 2.45) is 0 Å². The molecule has 0 spiro atoms. The highest BCUT2D eigenvalue weighted by atomic mass is 32.2. The van der Waals surface area contributed by atoms with Gasteiger partial charge < -0.3 is 10.1 Å². The van der Waals surface area contributed by atoms with Crippen molar-refractivity contribution in [3.63, 3.8) is 0 Å². The number of carbonyl (C=O) groups excluding carboxylic acids is 1. The number of nitrogens with zero attached hydrogens (tertiary/aromatic N) is 4. The number of fused-ring (bicyclic) bond motifs is 3. The minimum Gasteiger partial charge on any atom is -0.385 e. The fourth-order valence-electron chi connectivity index (χ4n) is 3.36. The molecule has 8 nitrogen and oxygen atoms in total. The number of carbonyl (C=O) groups is 1. The van der Waals surface area contributed by atoms with Crippen LogP contribution >= 0.6 is 11.8 Å². The number of nitrogens with one attached hydrogen (secondary N) is 1. The molecule has 1 N–H and O–H groups in total. The summed E-state index contributed by atoms with van der Waals surface area (Å²) in [6.07, 6.45) is 0.679. The lowest BCUT2D eigenvalue weighted by Crippen LogP contribution is -2.24. The van der Waals surface area contributed by atoms with Crippen LogP contribution in [-0.4, -0.2) is 44.5 Å². The van der Waals surface area contributed by atoms with E-state index in [-0.39, 0.29) is 17.2 Å². The van der Waals surface area contributed by atoms with Crippen molar-refractivity contribution in [1.82, 2.24) is 19.2 Å². The maximum Gasteiger partial charge on any atom is 0.262 e. The molecule has 0 bridgehead atoms. The van der Waals surface area contributed by atoms with E-state index < -0.39 is 0 Å². The predicted molar refractivity (Wildman–Crippen MR) is 122 cm³/mol. The summed E-state index contributed by atoms with van der Waals surface area (Å²) in [5, 5.41) is 12.6. The van der Waals surface area contributed by atoms with E-state index in [1.165, 1.54) is 11.8 Å². The largest absolute Gasteiger partial charge is 0.385 e. The number of anilines is 1. The van der Waals surface area contributed by atoms with Gasteiger partial charge in [-0.1, -0.05) is 41.6 Å². The quantitative estimate of drug-likeness (QED) is 0.336. The smallest absolute Gasteiger partial charge is 0.262 e. The minimum atomic E-state index is -0.136. The molecular weight excluding hydrogens is 414 g/mol. The van der Waals surface area contributed by atoms with Crippen LogP contribution in [0, 0.1) is 6.92 Å². The van der Waals surface area contributed by atoms with Crippen LogP contribution in [0.2, 0.25) is 0 Å². The van der Waals surface area contributed by atoms with Gasteiger partial charge in [-0.2, -0.15) is 0 Å². The van der Waals surface area contributed by atoms with E-state index >= 15 is 0 Å². The minimum absolute atomic E-state index is 0.111. The highest BCUT2D eigenvalue weighted by molar-refractivity contribution is 7.99. The number of rotatable bonds is 8. The van der Waals surface area contributed by atoms with Crippen LogP contribution in [0.5, 0.6) is 0 Å². The van der Waals surface area contributed by atoms with Gasteiger partial charge in [0.15, 0.2) is 5.16 Å². The van der Waals surface area contributed by atoms with Crippen LogP contribution < -0.4 is 10.9 Å². The van der Waals surface area contributed by atoms with Crippen molar-refractivity contribution in [2.45, 2.75) is 25.0 Å². The van der Waals surface area contributed by atoms with Crippen molar-refractivity contribution in [1.29, 1.82) is 0 Å². The van der Waals surface area contributed by atoms with Crippen LogP contribution in [0.4, 0.5) is 5.69 Å². The Labute approximate surface area is 183 Å². The van der Waals surface area contributed by atoms with Gasteiger partial charge in [0.2, 0.25) is 11.7 Å². The van der Waals surface area contributed by atoms with Crippen LogP contribution in [0.1, 0.15) is 12.0 Å². The molecule has 2 heterocycles. The van der Waals surface area contributed by atoms with Gasteiger partial charge in [-0.25, -0.2) is 0 Å². The number of thioether (sulfide) groups is 1. The molecule has 2 aromatic carbocycles. The number of hydrogen-bond acceptors (Lipinski definition) is 6. The van der Waals surface area contributed by atoms with Gasteiger partial charge >= 0.3 is 0 Å². The molecule has 4 aromatic rings. The molecule has 0 fully saturated rings. The molecular formula is C22H23N5O3S. The lowest BCUT2D eigenvalue weighted by Gasteiger charge is -2.11. The maximum absolute atomic E-state index is 13.0. The Kier molecular flexibility index (Phi) is 6.34. The van der Waals surface area contributed by atoms with Gasteiger partial charge in [-0.05, 0) is 37.6 Å². The second-order valence-corrected chi connectivity index (χ2v) is 8.08. The molecule has 160 valence electrons. The van der Waals surface area contributed by atoms with Crippen molar-refractivity contribution in [3.8, 4) is 0 Å². The first kappa shape index (κ1) is 21.1. The van der Waals surface area contributed by atoms with Crippen molar-refractivity contribution >= 4 is 40.0 Å². The predicted octanol–water partition coefficient (Wildman–Crippen LogP) is 3.12. The van der Waals surface area contributed by atoms with Crippen LogP contribution in [0.25, 0.3) is 16.7 Å². The highest BCUT2D eigenvalue weighted by Crippen LogP contribution is 2.22. The van der Waals surface area contributed by atoms with Gasteiger partial charge in [0.05, 0.1) is 16.7 Å². The molecule has 0 aliphatic heterocycles. The third-order valence-corrected chi connectivity index (χ3v) is 5.81. The number of hydrogen-bond donors (Lipinski definition) is 1. The van der Waals surface area contributed by atoms with E-state index in [9.17, 15) is 9.59 Å². The number of ether oxygens (including phenoxy) is 1. The standard InChI is InChI=1S/C22H23N5O3S/c1-15-8-10-16(11-9-15)23-19(28)14-31-22-25-24-21-26(12-5-13-30-2)20(29)17-6-3-4-7-18(17)27(21)22/h3-4,6-11H,5,12-14H2,1-2H3,(H,23,28). The number of amides is 1. The zero-order valence-electron chi connectivity index (χ0n) is 17.4.